The molecule has 4 nitrogen and oxygen atoms in total. The molecule has 0 aromatic heterocycles. The summed E-state index contributed by atoms with van der Waals surface area (Å²) in [6.07, 6.45) is 0.263. The van der Waals surface area contributed by atoms with E-state index < -0.39 is 45.2 Å². The Bertz CT molecular complexity index is 1180. The molecule has 0 spiro atoms. The monoisotopic (exact) mass is 423 g/mol. The van der Waals surface area contributed by atoms with Crippen LogP contribution in [-0.2, 0) is 16.3 Å². The Morgan fingerprint density at radius 1 is 1.17 bits per heavy atom. The maximum Gasteiger partial charge on any atom is 0.175 e. The topological polar surface area (TPSA) is 69.4 Å². The van der Waals surface area contributed by atoms with Crippen LogP contribution in [0, 0.1) is 5.41 Å². The van der Waals surface area contributed by atoms with E-state index in [1.54, 1.807) is 24.3 Å². The molecule has 2 N–H and O–H groups in total. The fraction of sp³-hybridized carbons (Fsp3) is 0.333. The molecule has 1 aliphatic heterocycles. The van der Waals surface area contributed by atoms with Crippen molar-refractivity contribution in [2.45, 2.75) is 36.6 Å². The number of fused-ring (bicyclic) bond motifs is 3. The Morgan fingerprint density at radius 3 is 2.59 bits per heavy atom. The SMILES string of the molecule is CC1([C@H]2Oc3ccc4cc(S(C)(=O)=O)ccc4c3C[C@@H]2N)C=C(F)C(F)=CC1F. The van der Waals surface area contributed by atoms with Gasteiger partial charge in [-0.15, -0.1) is 0 Å². The zero-order valence-corrected chi connectivity index (χ0v) is 16.6. The van der Waals surface area contributed by atoms with Gasteiger partial charge in [-0.05, 0) is 54.5 Å². The minimum absolute atomic E-state index is 0.202. The molecule has 1 heterocycles. The van der Waals surface area contributed by atoms with Crippen LogP contribution in [0.15, 0.2) is 59.0 Å². The molecule has 154 valence electrons. The lowest BCUT2D eigenvalue weighted by atomic mass is 9.72. The lowest BCUT2D eigenvalue weighted by molar-refractivity contribution is 0.0166. The van der Waals surface area contributed by atoms with E-state index in [0.717, 1.165) is 23.3 Å². The molecule has 0 bridgehead atoms. The second kappa shape index (κ2) is 6.60. The van der Waals surface area contributed by atoms with Crippen molar-refractivity contribution in [3.63, 3.8) is 0 Å². The predicted octanol–water partition coefficient (Wildman–Crippen LogP) is 3.94. The van der Waals surface area contributed by atoms with E-state index >= 15 is 0 Å². The van der Waals surface area contributed by atoms with Crippen LogP contribution >= 0.6 is 0 Å². The van der Waals surface area contributed by atoms with Crippen LogP contribution in [0.4, 0.5) is 13.2 Å². The van der Waals surface area contributed by atoms with Gasteiger partial charge >= 0.3 is 0 Å². The second-order valence-corrected chi connectivity index (χ2v) is 9.89. The van der Waals surface area contributed by atoms with Crippen LogP contribution in [0.2, 0.25) is 0 Å². The fourth-order valence-electron chi connectivity index (χ4n) is 4.11. The van der Waals surface area contributed by atoms with Crippen LogP contribution in [0.25, 0.3) is 10.8 Å². The Labute approximate surface area is 166 Å². The van der Waals surface area contributed by atoms with E-state index in [1.807, 2.05) is 0 Å². The predicted molar refractivity (Wildman–Crippen MR) is 105 cm³/mol. The Kier molecular flexibility index (Phi) is 4.55. The molecule has 0 fully saturated rings. The molecule has 8 heteroatoms. The molecule has 4 rings (SSSR count). The van der Waals surface area contributed by atoms with Gasteiger partial charge in [-0.1, -0.05) is 12.1 Å². The number of alkyl halides is 1. The number of hydrogen-bond donors (Lipinski definition) is 1. The van der Waals surface area contributed by atoms with Crippen molar-refractivity contribution < 1.29 is 26.3 Å². The number of halogens is 3. The first-order chi connectivity index (χ1) is 13.5. The first-order valence-corrected chi connectivity index (χ1v) is 11.0. The maximum absolute atomic E-state index is 14.7. The Balaban J connectivity index is 1.76. The lowest BCUT2D eigenvalue weighted by Crippen LogP contribution is -2.55. The summed E-state index contributed by atoms with van der Waals surface area (Å²) in [5.74, 6) is -1.89. The third kappa shape index (κ3) is 3.24. The molecule has 1 aliphatic carbocycles. The highest BCUT2D eigenvalue weighted by Crippen LogP contribution is 2.45. The molecule has 0 amide bonds. The summed E-state index contributed by atoms with van der Waals surface area (Å²) in [4.78, 5) is 0.202. The Hall–Kier alpha value is -2.32. The van der Waals surface area contributed by atoms with E-state index in [-0.39, 0.29) is 4.90 Å². The summed E-state index contributed by atoms with van der Waals surface area (Å²) in [6, 6.07) is 7.49. The van der Waals surface area contributed by atoms with Gasteiger partial charge in [0.15, 0.2) is 21.5 Å². The van der Waals surface area contributed by atoms with Gasteiger partial charge in [0.05, 0.1) is 10.3 Å². The van der Waals surface area contributed by atoms with Gasteiger partial charge in [-0.3, -0.25) is 0 Å². The third-order valence-corrected chi connectivity index (χ3v) is 6.85. The zero-order valence-electron chi connectivity index (χ0n) is 15.8. The van der Waals surface area contributed by atoms with E-state index in [9.17, 15) is 21.6 Å². The largest absolute Gasteiger partial charge is 0.487 e. The fourth-order valence-corrected chi connectivity index (χ4v) is 4.76. The number of benzene rings is 2. The van der Waals surface area contributed by atoms with E-state index in [4.69, 9.17) is 10.5 Å². The number of sulfone groups is 1. The third-order valence-electron chi connectivity index (χ3n) is 5.74. The van der Waals surface area contributed by atoms with Gasteiger partial charge in [0, 0.05) is 17.9 Å². The first kappa shape index (κ1) is 20.0. The summed E-state index contributed by atoms with van der Waals surface area (Å²) in [6.45, 7) is 1.45. The molecule has 2 aromatic rings. The second-order valence-electron chi connectivity index (χ2n) is 7.88. The van der Waals surface area contributed by atoms with E-state index in [0.29, 0.717) is 23.6 Å². The normalized spacial score (nSPS) is 29.7. The number of hydrogen-bond acceptors (Lipinski definition) is 4. The van der Waals surface area contributed by atoms with E-state index in [1.165, 1.54) is 13.0 Å². The zero-order chi connectivity index (χ0) is 21.1. The van der Waals surface area contributed by atoms with Gasteiger partial charge in [-0.25, -0.2) is 21.6 Å². The molecule has 0 saturated carbocycles. The smallest absolute Gasteiger partial charge is 0.175 e. The molecule has 4 atom stereocenters. The molecule has 0 saturated heterocycles. The average molecular weight is 423 g/mol. The highest BCUT2D eigenvalue weighted by Gasteiger charge is 2.49. The van der Waals surface area contributed by atoms with Crippen LogP contribution in [-0.4, -0.2) is 33.0 Å². The lowest BCUT2D eigenvalue weighted by Gasteiger charge is -2.44. The van der Waals surface area contributed by atoms with Crippen molar-refractivity contribution >= 4 is 20.6 Å². The van der Waals surface area contributed by atoms with Gasteiger partial charge in [-0.2, -0.15) is 0 Å². The van der Waals surface area contributed by atoms with Crippen molar-refractivity contribution in [3.8, 4) is 5.75 Å². The molecular formula is C21H20F3NO3S. The van der Waals surface area contributed by atoms with Crippen LogP contribution in [0.1, 0.15) is 12.5 Å². The average Bonchev–Trinajstić information content (AvgIpc) is 2.64. The van der Waals surface area contributed by atoms with Crippen molar-refractivity contribution in [2.75, 3.05) is 6.26 Å². The quantitative estimate of drug-likeness (QED) is 0.795. The summed E-state index contributed by atoms with van der Waals surface area (Å²) >= 11 is 0. The van der Waals surface area contributed by atoms with Crippen LogP contribution < -0.4 is 10.5 Å². The summed E-state index contributed by atoms with van der Waals surface area (Å²) in [7, 11) is -3.35. The summed E-state index contributed by atoms with van der Waals surface area (Å²) in [5.41, 5.74) is 5.59. The van der Waals surface area contributed by atoms with Crippen molar-refractivity contribution in [2.24, 2.45) is 11.1 Å². The molecule has 2 unspecified atom stereocenters. The summed E-state index contributed by atoms with van der Waals surface area (Å²) in [5, 5.41) is 1.49. The minimum Gasteiger partial charge on any atom is -0.487 e. The molecule has 2 aromatic carbocycles. The maximum atomic E-state index is 14.7. The Morgan fingerprint density at radius 2 is 1.90 bits per heavy atom. The molecular weight excluding hydrogens is 403 g/mol. The van der Waals surface area contributed by atoms with Crippen LogP contribution in [0.3, 0.4) is 0 Å². The number of allylic oxidation sites excluding steroid dienone is 3. The van der Waals surface area contributed by atoms with Crippen molar-refractivity contribution in [3.05, 3.63) is 59.7 Å². The van der Waals surface area contributed by atoms with Crippen molar-refractivity contribution in [1.29, 1.82) is 0 Å². The van der Waals surface area contributed by atoms with Gasteiger partial charge in [0.1, 0.15) is 18.0 Å². The minimum atomic E-state index is -3.35. The van der Waals surface area contributed by atoms with E-state index in [2.05, 4.69) is 0 Å². The molecule has 0 radical (unpaired) electrons. The number of rotatable bonds is 2. The number of ether oxygens (including phenoxy) is 1. The molecule has 29 heavy (non-hydrogen) atoms. The van der Waals surface area contributed by atoms with Crippen molar-refractivity contribution in [1.82, 2.24) is 0 Å². The number of nitrogens with two attached hydrogens (primary N) is 1. The summed E-state index contributed by atoms with van der Waals surface area (Å²) < 4.78 is 71.6. The van der Waals surface area contributed by atoms with Gasteiger partial charge < -0.3 is 10.5 Å². The van der Waals surface area contributed by atoms with Gasteiger partial charge in [0.25, 0.3) is 0 Å². The molecule has 2 aliphatic rings. The van der Waals surface area contributed by atoms with Gasteiger partial charge in [0.2, 0.25) is 0 Å². The van der Waals surface area contributed by atoms with Crippen LogP contribution in [0.5, 0.6) is 5.75 Å². The first-order valence-electron chi connectivity index (χ1n) is 9.09. The standard InChI is InChI=1S/C21H20F3NO3S/c1-21(10-16(23)15(22)9-19(21)24)20-17(25)8-14-13-5-4-12(29(2,26)27)7-11(13)3-6-18(14)28-20/h3-7,9-10,17,19-20H,8,25H2,1-2H3/t17-,19?,20-,21?/m0/s1. The highest BCUT2D eigenvalue weighted by molar-refractivity contribution is 7.90. The highest BCUT2D eigenvalue weighted by atomic mass is 32.2.